The van der Waals surface area contributed by atoms with Gasteiger partial charge in [-0.05, 0) is 36.4 Å². The maximum absolute atomic E-state index is 12.4. The van der Waals surface area contributed by atoms with Gasteiger partial charge in [-0.25, -0.2) is 4.79 Å². The van der Waals surface area contributed by atoms with Crippen molar-refractivity contribution in [2.24, 2.45) is 0 Å². The smallest absolute Gasteiger partial charge is 0.387 e. The Balaban J connectivity index is 2.33. The molecule has 0 amide bonds. The number of benzene rings is 2. The van der Waals surface area contributed by atoms with Gasteiger partial charge >= 0.3 is 22.7 Å². The minimum atomic E-state index is -4.38. The molecule has 0 saturated carbocycles. The first kappa shape index (κ1) is 20.7. The number of hydrogen-bond donors (Lipinski definition) is 0. The molecule has 0 heterocycles. The third-order valence-corrected chi connectivity index (χ3v) is 4.72. The quantitative estimate of drug-likeness (QED) is 0.498. The molecule has 27 heavy (non-hydrogen) atoms. The Morgan fingerprint density at radius 2 is 1.70 bits per heavy atom. The first-order valence-corrected chi connectivity index (χ1v) is 8.91. The summed E-state index contributed by atoms with van der Waals surface area (Å²) in [5.74, 6) is -1.27. The SMILES string of the molecule is COC(=O)c1ccc(OS(=O)(=O)c2ccc(OC(F)F)c(Cl)c2)c(OC)c1. The number of halogens is 3. The van der Waals surface area contributed by atoms with E-state index >= 15 is 0 Å². The van der Waals surface area contributed by atoms with E-state index in [0.29, 0.717) is 0 Å². The highest BCUT2D eigenvalue weighted by Crippen LogP contribution is 2.33. The van der Waals surface area contributed by atoms with Gasteiger partial charge in [0.15, 0.2) is 11.5 Å². The molecule has 2 aromatic rings. The molecule has 7 nitrogen and oxygen atoms in total. The van der Waals surface area contributed by atoms with Crippen molar-refractivity contribution in [3.63, 3.8) is 0 Å². The van der Waals surface area contributed by atoms with Gasteiger partial charge in [-0.3, -0.25) is 0 Å². The Hall–Kier alpha value is -2.59. The summed E-state index contributed by atoms with van der Waals surface area (Å²) in [7, 11) is -1.93. The van der Waals surface area contributed by atoms with Crippen LogP contribution in [0.4, 0.5) is 8.78 Å². The molecule has 0 radical (unpaired) electrons. The monoisotopic (exact) mass is 422 g/mol. The van der Waals surface area contributed by atoms with E-state index in [1.165, 1.54) is 32.4 Å². The van der Waals surface area contributed by atoms with E-state index in [2.05, 4.69) is 9.47 Å². The second-order valence-electron chi connectivity index (χ2n) is 4.87. The molecule has 0 aliphatic carbocycles. The predicted molar refractivity (Wildman–Crippen MR) is 90.2 cm³/mol. The summed E-state index contributed by atoms with van der Waals surface area (Å²) in [6.07, 6.45) is 0. The van der Waals surface area contributed by atoms with Gasteiger partial charge in [0.05, 0.1) is 24.8 Å². The molecule has 0 bridgehead atoms. The van der Waals surface area contributed by atoms with E-state index in [-0.39, 0.29) is 27.8 Å². The highest BCUT2D eigenvalue weighted by Gasteiger charge is 2.22. The summed E-state index contributed by atoms with van der Waals surface area (Å²) in [4.78, 5) is 11.1. The summed E-state index contributed by atoms with van der Waals surface area (Å²) in [5, 5.41) is -0.340. The summed E-state index contributed by atoms with van der Waals surface area (Å²) in [5.41, 5.74) is 0.121. The lowest BCUT2D eigenvalue weighted by atomic mass is 10.2. The highest BCUT2D eigenvalue weighted by atomic mass is 35.5. The van der Waals surface area contributed by atoms with Crippen LogP contribution in [0.25, 0.3) is 0 Å². The van der Waals surface area contributed by atoms with Crippen molar-refractivity contribution in [3.05, 3.63) is 47.0 Å². The van der Waals surface area contributed by atoms with Gasteiger partial charge in [0, 0.05) is 0 Å². The molecule has 2 rings (SSSR count). The minimum Gasteiger partial charge on any atom is -0.493 e. The van der Waals surface area contributed by atoms with Crippen LogP contribution in [-0.4, -0.2) is 35.2 Å². The highest BCUT2D eigenvalue weighted by molar-refractivity contribution is 7.87. The molecule has 0 aliphatic heterocycles. The molecule has 11 heteroatoms. The molecule has 0 N–H and O–H groups in total. The van der Waals surface area contributed by atoms with Crippen LogP contribution in [0.2, 0.25) is 5.02 Å². The van der Waals surface area contributed by atoms with Crippen molar-refractivity contribution >= 4 is 27.7 Å². The fraction of sp³-hybridized carbons (Fsp3) is 0.188. The molecule has 0 aromatic heterocycles. The Morgan fingerprint density at radius 1 is 1.04 bits per heavy atom. The van der Waals surface area contributed by atoms with Crippen LogP contribution in [0, 0.1) is 0 Å². The van der Waals surface area contributed by atoms with Crippen LogP contribution in [0.5, 0.6) is 17.2 Å². The first-order chi connectivity index (χ1) is 12.7. The lowest BCUT2D eigenvalue weighted by Crippen LogP contribution is -2.11. The number of rotatable bonds is 7. The summed E-state index contributed by atoms with van der Waals surface area (Å²) >= 11 is 5.76. The Labute approximate surface area is 158 Å². The Morgan fingerprint density at radius 3 is 2.26 bits per heavy atom. The van der Waals surface area contributed by atoms with Crippen molar-refractivity contribution in [1.82, 2.24) is 0 Å². The van der Waals surface area contributed by atoms with Crippen LogP contribution >= 0.6 is 11.6 Å². The largest absolute Gasteiger partial charge is 0.493 e. The van der Waals surface area contributed by atoms with Crippen LogP contribution in [-0.2, 0) is 14.9 Å². The van der Waals surface area contributed by atoms with Gasteiger partial charge in [0.25, 0.3) is 0 Å². The number of methoxy groups -OCH3 is 2. The maximum Gasteiger partial charge on any atom is 0.387 e. The fourth-order valence-corrected chi connectivity index (χ4v) is 3.23. The summed E-state index contributed by atoms with van der Waals surface area (Å²) < 4.78 is 68.1. The number of alkyl halides is 2. The number of esters is 1. The molecule has 0 spiro atoms. The number of carbonyl (C=O) groups excluding carboxylic acids is 1. The number of hydrogen-bond acceptors (Lipinski definition) is 7. The molecule has 146 valence electrons. The Bertz CT molecular complexity index is 948. The van der Waals surface area contributed by atoms with E-state index in [1.54, 1.807) is 0 Å². The zero-order valence-electron chi connectivity index (χ0n) is 13.9. The average molecular weight is 423 g/mol. The summed E-state index contributed by atoms with van der Waals surface area (Å²) in [6.45, 7) is -3.11. The molecule has 0 fully saturated rings. The average Bonchev–Trinajstić information content (AvgIpc) is 2.62. The van der Waals surface area contributed by atoms with Crippen molar-refractivity contribution in [3.8, 4) is 17.2 Å². The van der Waals surface area contributed by atoms with Gasteiger partial charge in [-0.1, -0.05) is 11.6 Å². The van der Waals surface area contributed by atoms with E-state index in [0.717, 1.165) is 18.2 Å². The lowest BCUT2D eigenvalue weighted by molar-refractivity contribution is -0.0498. The van der Waals surface area contributed by atoms with Gasteiger partial charge in [0.2, 0.25) is 0 Å². The van der Waals surface area contributed by atoms with E-state index in [1.807, 2.05) is 0 Å². The summed E-state index contributed by atoms with van der Waals surface area (Å²) in [6, 6.07) is 6.61. The van der Waals surface area contributed by atoms with Crippen LogP contribution in [0.3, 0.4) is 0 Å². The van der Waals surface area contributed by atoms with Gasteiger partial charge in [-0.2, -0.15) is 17.2 Å². The lowest BCUT2D eigenvalue weighted by Gasteiger charge is -2.13. The Kier molecular flexibility index (Phi) is 6.45. The zero-order chi connectivity index (χ0) is 20.2. The van der Waals surface area contributed by atoms with E-state index in [4.69, 9.17) is 20.5 Å². The third-order valence-electron chi connectivity index (χ3n) is 3.19. The van der Waals surface area contributed by atoms with Crippen molar-refractivity contribution in [2.45, 2.75) is 11.5 Å². The van der Waals surface area contributed by atoms with Gasteiger partial charge < -0.3 is 18.4 Å². The zero-order valence-corrected chi connectivity index (χ0v) is 15.5. The normalized spacial score (nSPS) is 11.2. The molecule has 0 aliphatic rings. The first-order valence-electron chi connectivity index (χ1n) is 7.13. The van der Waals surface area contributed by atoms with Crippen molar-refractivity contribution < 1.29 is 40.4 Å². The topological polar surface area (TPSA) is 88.1 Å². The van der Waals surface area contributed by atoms with Crippen molar-refractivity contribution in [2.75, 3.05) is 14.2 Å². The third kappa shape index (κ3) is 4.98. The minimum absolute atomic E-state index is 0.0368. The maximum atomic E-state index is 12.4. The second kappa shape index (κ2) is 8.40. The molecule has 2 aromatic carbocycles. The van der Waals surface area contributed by atoms with Gasteiger partial charge in [0.1, 0.15) is 10.6 Å². The molecular weight excluding hydrogens is 410 g/mol. The van der Waals surface area contributed by atoms with Crippen LogP contribution in [0.1, 0.15) is 10.4 Å². The molecule has 0 atom stereocenters. The van der Waals surface area contributed by atoms with Crippen molar-refractivity contribution in [1.29, 1.82) is 0 Å². The van der Waals surface area contributed by atoms with Crippen LogP contribution < -0.4 is 13.7 Å². The van der Waals surface area contributed by atoms with Crippen LogP contribution in [0.15, 0.2) is 41.3 Å². The molecule has 0 unspecified atom stereocenters. The second-order valence-corrected chi connectivity index (χ2v) is 6.82. The standard InChI is InChI=1S/C16H13ClF2O7S/c1-23-14-7-9(15(20)24-2)3-5-13(14)26-27(21,22)10-4-6-12(11(17)8-10)25-16(18)19/h3-8,16H,1-2H3. The molecule has 0 saturated heterocycles. The van der Waals surface area contributed by atoms with E-state index < -0.39 is 27.6 Å². The molecular formula is C16H13ClF2O7S. The van der Waals surface area contributed by atoms with Gasteiger partial charge in [-0.15, -0.1) is 0 Å². The number of carbonyl (C=O) groups is 1. The fourth-order valence-electron chi connectivity index (χ4n) is 1.98. The predicted octanol–water partition coefficient (Wildman–Crippen LogP) is 3.50. The van der Waals surface area contributed by atoms with E-state index in [9.17, 15) is 22.0 Å². The number of ether oxygens (including phenoxy) is 3.